The highest BCUT2D eigenvalue weighted by Crippen LogP contribution is 2.35. The van der Waals surface area contributed by atoms with Gasteiger partial charge < -0.3 is 14.1 Å². The fourth-order valence-corrected chi connectivity index (χ4v) is 2.59. The zero-order chi connectivity index (χ0) is 14.2. The number of fused-ring (bicyclic) bond motifs is 1. The summed E-state index contributed by atoms with van der Waals surface area (Å²) in [5.74, 6) is -0.140. The largest absolute Gasteiger partial charge is 0.466 e. The van der Waals surface area contributed by atoms with E-state index in [4.69, 9.17) is 9.15 Å². The molecule has 2 aromatic rings. The standard InChI is InChI=1S/C15H18N2O3/c1-3-19-13(18)15(2)8-9-17(10-15)14-16-11-6-4-5-7-12(11)20-14/h4-7H,3,8-10H2,1-2H3. The molecular weight excluding hydrogens is 256 g/mol. The van der Waals surface area contributed by atoms with Gasteiger partial charge in [0, 0.05) is 13.1 Å². The van der Waals surface area contributed by atoms with E-state index in [2.05, 4.69) is 4.98 Å². The molecule has 1 aliphatic heterocycles. The number of esters is 1. The number of hydrogen-bond donors (Lipinski definition) is 0. The van der Waals surface area contributed by atoms with Crippen molar-refractivity contribution in [2.75, 3.05) is 24.6 Å². The van der Waals surface area contributed by atoms with E-state index in [0.29, 0.717) is 19.2 Å². The molecule has 5 heteroatoms. The molecule has 1 aliphatic rings. The van der Waals surface area contributed by atoms with Crippen LogP contribution in [0.25, 0.3) is 11.1 Å². The molecular formula is C15H18N2O3. The molecule has 20 heavy (non-hydrogen) atoms. The maximum Gasteiger partial charge on any atom is 0.313 e. The van der Waals surface area contributed by atoms with Gasteiger partial charge in [0.1, 0.15) is 5.52 Å². The summed E-state index contributed by atoms with van der Waals surface area (Å²) in [4.78, 5) is 18.5. The van der Waals surface area contributed by atoms with Gasteiger partial charge in [-0.3, -0.25) is 4.79 Å². The molecule has 0 N–H and O–H groups in total. The van der Waals surface area contributed by atoms with Gasteiger partial charge in [-0.25, -0.2) is 0 Å². The van der Waals surface area contributed by atoms with Crippen LogP contribution in [-0.4, -0.2) is 30.6 Å². The van der Waals surface area contributed by atoms with E-state index >= 15 is 0 Å². The fourth-order valence-electron chi connectivity index (χ4n) is 2.59. The molecule has 5 nitrogen and oxygen atoms in total. The second-order valence-corrected chi connectivity index (χ2v) is 5.42. The molecule has 106 valence electrons. The SMILES string of the molecule is CCOC(=O)C1(C)CCN(c2nc3ccccc3o2)C1. The Balaban J connectivity index is 1.81. The Bertz CT molecular complexity index is 604. The number of anilines is 1. The van der Waals surface area contributed by atoms with Crippen molar-refractivity contribution < 1.29 is 13.9 Å². The minimum atomic E-state index is -0.476. The number of hydrogen-bond acceptors (Lipinski definition) is 5. The first-order valence-electron chi connectivity index (χ1n) is 6.90. The predicted molar refractivity (Wildman–Crippen MR) is 75.6 cm³/mol. The van der Waals surface area contributed by atoms with Gasteiger partial charge in [-0.1, -0.05) is 12.1 Å². The Morgan fingerprint density at radius 3 is 3.05 bits per heavy atom. The van der Waals surface area contributed by atoms with Crippen LogP contribution in [0.15, 0.2) is 28.7 Å². The Hall–Kier alpha value is -2.04. The fraction of sp³-hybridized carbons (Fsp3) is 0.467. The van der Waals surface area contributed by atoms with E-state index in [1.807, 2.05) is 43.0 Å². The topological polar surface area (TPSA) is 55.6 Å². The van der Waals surface area contributed by atoms with Crippen molar-refractivity contribution in [1.82, 2.24) is 4.98 Å². The normalized spacial score (nSPS) is 22.4. The number of ether oxygens (including phenoxy) is 1. The highest BCUT2D eigenvalue weighted by molar-refractivity contribution is 5.79. The molecule has 1 atom stereocenters. The molecule has 0 saturated carbocycles. The van der Waals surface area contributed by atoms with Crippen LogP contribution in [0.4, 0.5) is 6.01 Å². The summed E-state index contributed by atoms with van der Waals surface area (Å²) in [7, 11) is 0. The van der Waals surface area contributed by atoms with E-state index in [1.165, 1.54) is 0 Å². The number of rotatable bonds is 3. The lowest BCUT2D eigenvalue weighted by Crippen LogP contribution is -2.33. The smallest absolute Gasteiger partial charge is 0.313 e. The lowest BCUT2D eigenvalue weighted by Gasteiger charge is -2.21. The number of para-hydroxylation sites is 2. The monoisotopic (exact) mass is 274 g/mol. The Morgan fingerprint density at radius 2 is 2.30 bits per heavy atom. The summed E-state index contributed by atoms with van der Waals surface area (Å²) in [5, 5.41) is 0. The number of carbonyl (C=O) groups is 1. The number of nitrogens with zero attached hydrogens (tertiary/aromatic N) is 2. The minimum absolute atomic E-state index is 0.140. The van der Waals surface area contributed by atoms with Crippen molar-refractivity contribution in [2.45, 2.75) is 20.3 Å². The Kier molecular flexibility index (Phi) is 3.12. The molecule has 1 aromatic heterocycles. The van der Waals surface area contributed by atoms with Crippen LogP contribution in [0, 0.1) is 5.41 Å². The predicted octanol–water partition coefficient (Wildman–Crippen LogP) is 2.61. The quantitative estimate of drug-likeness (QED) is 0.805. The lowest BCUT2D eigenvalue weighted by atomic mass is 9.90. The summed E-state index contributed by atoms with van der Waals surface area (Å²) in [6.45, 7) is 5.51. The van der Waals surface area contributed by atoms with Gasteiger partial charge in [0.15, 0.2) is 5.58 Å². The number of carbonyl (C=O) groups excluding carboxylic acids is 1. The van der Waals surface area contributed by atoms with Gasteiger partial charge in [0.05, 0.1) is 12.0 Å². The van der Waals surface area contributed by atoms with E-state index in [1.54, 1.807) is 0 Å². The molecule has 0 bridgehead atoms. The van der Waals surface area contributed by atoms with Crippen molar-refractivity contribution in [3.8, 4) is 0 Å². The van der Waals surface area contributed by atoms with E-state index in [9.17, 15) is 4.79 Å². The summed E-state index contributed by atoms with van der Waals surface area (Å²) >= 11 is 0. The summed E-state index contributed by atoms with van der Waals surface area (Å²) in [5.41, 5.74) is 1.14. The molecule has 0 spiro atoms. The molecule has 3 rings (SSSR count). The number of aromatic nitrogens is 1. The van der Waals surface area contributed by atoms with Crippen molar-refractivity contribution in [2.24, 2.45) is 5.41 Å². The zero-order valence-electron chi connectivity index (χ0n) is 11.8. The average molecular weight is 274 g/mol. The van der Waals surface area contributed by atoms with E-state index in [0.717, 1.165) is 24.1 Å². The average Bonchev–Trinajstić information content (AvgIpc) is 3.03. The minimum Gasteiger partial charge on any atom is -0.466 e. The van der Waals surface area contributed by atoms with Crippen LogP contribution < -0.4 is 4.90 Å². The van der Waals surface area contributed by atoms with Gasteiger partial charge in [-0.2, -0.15) is 4.98 Å². The third kappa shape index (κ3) is 2.13. The first kappa shape index (κ1) is 13.0. The van der Waals surface area contributed by atoms with Crippen LogP contribution in [0.1, 0.15) is 20.3 Å². The van der Waals surface area contributed by atoms with Gasteiger partial charge >= 0.3 is 5.97 Å². The van der Waals surface area contributed by atoms with Gasteiger partial charge in [-0.15, -0.1) is 0 Å². The van der Waals surface area contributed by atoms with Crippen LogP contribution in [0.3, 0.4) is 0 Å². The maximum atomic E-state index is 12.0. The molecule has 0 amide bonds. The van der Waals surface area contributed by atoms with E-state index in [-0.39, 0.29) is 5.97 Å². The molecule has 2 heterocycles. The highest BCUT2D eigenvalue weighted by Gasteiger charge is 2.43. The molecule has 0 radical (unpaired) electrons. The van der Waals surface area contributed by atoms with Crippen molar-refractivity contribution in [3.05, 3.63) is 24.3 Å². The van der Waals surface area contributed by atoms with Gasteiger partial charge in [-0.05, 0) is 32.4 Å². The summed E-state index contributed by atoms with van der Waals surface area (Å²) in [6.07, 6.45) is 0.755. The first-order chi connectivity index (χ1) is 9.62. The highest BCUT2D eigenvalue weighted by atomic mass is 16.5. The Labute approximate surface area is 117 Å². The van der Waals surface area contributed by atoms with Crippen molar-refractivity contribution in [3.63, 3.8) is 0 Å². The van der Waals surface area contributed by atoms with Crippen LogP contribution in [0.2, 0.25) is 0 Å². The summed E-state index contributed by atoms with van der Waals surface area (Å²) in [6, 6.07) is 8.25. The third-order valence-corrected chi connectivity index (χ3v) is 3.79. The van der Waals surface area contributed by atoms with Crippen molar-refractivity contribution in [1.29, 1.82) is 0 Å². The van der Waals surface area contributed by atoms with Gasteiger partial charge in [0.25, 0.3) is 6.01 Å². The molecule has 1 fully saturated rings. The molecule has 1 saturated heterocycles. The molecule has 1 unspecified atom stereocenters. The number of benzene rings is 1. The Morgan fingerprint density at radius 1 is 1.50 bits per heavy atom. The molecule has 1 aromatic carbocycles. The summed E-state index contributed by atoms with van der Waals surface area (Å²) < 4.78 is 10.9. The lowest BCUT2D eigenvalue weighted by molar-refractivity contribution is -0.153. The number of oxazole rings is 1. The third-order valence-electron chi connectivity index (χ3n) is 3.79. The second kappa shape index (κ2) is 4.81. The van der Waals surface area contributed by atoms with Crippen LogP contribution in [-0.2, 0) is 9.53 Å². The maximum absolute atomic E-state index is 12.0. The van der Waals surface area contributed by atoms with Crippen LogP contribution >= 0.6 is 0 Å². The van der Waals surface area contributed by atoms with Crippen LogP contribution in [0.5, 0.6) is 0 Å². The van der Waals surface area contributed by atoms with Crippen molar-refractivity contribution >= 4 is 23.1 Å². The second-order valence-electron chi connectivity index (χ2n) is 5.42. The van der Waals surface area contributed by atoms with Gasteiger partial charge in [0.2, 0.25) is 0 Å². The van der Waals surface area contributed by atoms with E-state index < -0.39 is 5.41 Å². The first-order valence-corrected chi connectivity index (χ1v) is 6.90. The molecule has 0 aliphatic carbocycles. The zero-order valence-corrected chi connectivity index (χ0v) is 11.8.